The van der Waals surface area contributed by atoms with Gasteiger partial charge in [0, 0.05) is 6.04 Å². The number of alkyl halides is 1. The molecule has 0 spiro atoms. The summed E-state index contributed by atoms with van der Waals surface area (Å²) in [5.41, 5.74) is 0. The second-order valence-corrected chi connectivity index (χ2v) is 2.05. The van der Waals surface area contributed by atoms with E-state index in [4.69, 9.17) is 0 Å². The van der Waals surface area contributed by atoms with Crippen LogP contribution >= 0.6 is 12.4 Å². The van der Waals surface area contributed by atoms with E-state index in [1.54, 1.807) is 0 Å². The Hall–Kier alpha value is 0.180. The van der Waals surface area contributed by atoms with E-state index >= 15 is 0 Å². The van der Waals surface area contributed by atoms with E-state index in [-0.39, 0.29) is 18.4 Å². The largest absolute Gasteiger partial charge is 0.311 e. The van der Waals surface area contributed by atoms with Crippen LogP contribution in [0.3, 0.4) is 0 Å². The van der Waals surface area contributed by atoms with Gasteiger partial charge in [-0.05, 0) is 19.9 Å². The first kappa shape index (κ1) is 8.18. The summed E-state index contributed by atoms with van der Waals surface area (Å²) in [6.07, 6.45) is 0.0984. The average Bonchev–Trinajstić information content (AvgIpc) is 1.91. The summed E-state index contributed by atoms with van der Waals surface area (Å²) >= 11 is 0. The molecule has 0 bridgehead atoms. The standard InChI is InChI=1S/C5H10FN.ClH/c1-4-5(6)2-3-7-4;/h4-5,7H,2-3H2,1H3;1H/t4-,5-;/m0./s1. The molecule has 1 nitrogen and oxygen atoms in total. The molecule has 1 heterocycles. The second-order valence-electron chi connectivity index (χ2n) is 2.05. The quantitative estimate of drug-likeness (QED) is 0.531. The van der Waals surface area contributed by atoms with E-state index in [0.29, 0.717) is 6.42 Å². The van der Waals surface area contributed by atoms with Gasteiger partial charge >= 0.3 is 0 Å². The molecule has 3 heteroatoms. The Bertz CT molecular complexity index is 61.4. The molecule has 1 fully saturated rings. The maximum Gasteiger partial charge on any atom is 0.116 e. The van der Waals surface area contributed by atoms with Crippen molar-refractivity contribution in [3.63, 3.8) is 0 Å². The monoisotopic (exact) mass is 139 g/mol. The molecule has 0 aromatic heterocycles. The van der Waals surface area contributed by atoms with Gasteiger partial charge in [-0.1, -0.05) is 0 Å². The highest BCUT2D eigenvalue weighted by atomic mass is 35.5. The number of halogens is 2. The summed E-state index contributed by atoms with van der Waals surface area (Å²) in [5, 5.41) is 2.99. The molecule has 1 rings (SSSR count). The molecule has 0 unspecified atom stereocenters. The Kier molecular flexibility index (Phi) is 3.33. The van der Waals surface area contributed by atoms with Gasteiger partial charge < -0.3 is 5.32 Å². The fourth-order valence-corrected chi connectivity index (χ4v) is 0.827. The van der Waals surface area contributed by atoms with Crippen LogP contribution in [0.15, 0.2) is 0 Å². The molecular formula is C5H11ClFN. The van der Waals surface area contributed by atoms with Crippen molar-refractivity contribution >= 4 is 12.4 Å². The van der Waals surface area contributed by atoms with Crippen LogP contribution in [0.1, 0.15) is 13.3 Å². The minimum Gasteiger partial charge on any atom is -0.311 e. The Morgan fingerprint density at radius 3 is 2.38 bits per heavy atom. The van der Waals surface area contributed by atoms with Crippen LogP contribution in [0.5, 0.6) is 0 Å². The highest BCUT2D eigenvalue weighted by Crippen LogP contribution is 2.08. The van der Waals surface area contributed by atoms with Gasteiger partial charge in [0.1, 0.15) is 6.17 Å². The molecule has 2 atom stereocenters. The van der Waals surface area contributed by atoms with Crippen molar-refractivity contribution in [3.05, 3.63) is 0 Å². The minimum atomic E-state index is -0.597. The van der Waals surface area contributed by atoms with Gasteiger partial charge in [-0.3, -0.25) is 0 Å². The predicted octanol–water partition coefficient (Wildman–Crippen LogP) is 1.13. The average molecular weight is 140 g/mol. The summed E-state index contributed by atoms with van der Waals surface area (Å²) in [6.45, 7) is 2.72. The highest BCUT2D eigenvalue weighted by Gasteiger charge is 2.20. The van der Waals surface area contributed by atoms with E-state index in [1.165, 1.54) is 0 Å². The Balaban J connectivity index is 0.000000490. The molecule has 8 heavy (non-hydrogen) atoms. The van der Waals surface area contributed by atoms with Gasteiger partial charge in [0.05, 0.1) is 0 Å². The molecule has 0 radical (unpaired) electrons. The summed E-state index contributed by atoms with van der Waals surface area (Å²) in [4.78, 5) is 0. The molecular weight excluding hydrogens is 129 g/mol. The molecule has 1 saturated heterocycles. The Morgan fingerprint density at radius 2 is 2.25 bits per heavy atom. The van der Waals surface area contributed by atoms with E-state index in [9.17, 15) is 4.39 Å². The van der Waals surface area contributed by atoms with E-state index in [1.807, 2.05) is 6.92 Å². The molecule has 0 aromatic rings. The predicted molar refractivity (Wildman–Crippen MR) is 34.2 cm³/mol. The second kappa shape index (κ2) is 3.25. The SMILES string of the molecule is C[C@@H]1NCC[C@@H]1F.Cl. The highest BCUT2D eigenvalue weighted by molar-refractivity contribution is 5.85. The molecule has 50 valence electrons. The first-order valence-corrected chi connectivity index (χ1v) is 2.68. The van der Waals surface area contributed by atoms with Gasteiger partial charge in [0.2, 0.25) is 0 Å². The molecule has 1 aliphatic rings. The topological polar surface area (TPSA) is 12.0 Å². The molecule has 1 aliphatic heterocycles. The zero-order valence-corrected chi connectivity index (χ0v) is 5.67. The van der Waals surface area contributed by atoms with Crippen LogP contribution in [0, 0.1) is 0 Å². The smallest absolute Gasteiger partial charge is 0.116 e. The lowest BCUT2D eigenvalue weighted by Gasteiger charge is -2.01. The van der Waals surface area contributed by atoms with Crippen LogP contribution < -0.4 is 5.32 Å². The zero-order chi connectivity index (χ0) is 5.28. The third-order valence-corrected chi connectivity index (χ3v) is 1.43. The fraction of sp³-hybridized carbons (Fsp3) is 1.00. The third-order valence-electron chi connectivity index (χ3n) is 1.43. The Morgan fingerprint density at radius 1 is 1.62 bits per heavy atom. The minimum absolute atomic E-state index is 0. The van der Waals surface area contributed by atoms with E-state index < -0.39 is 6.17 Å². The number of nitrogens with one attached hydrogen (secondary N) is 1. The van der Waals surface area contributed by atoms with Crippen LogP contribution in [-0.4, -0.2) is 18.8 Å². The van der Waals surface area contributed by atoms with E-state index in [2.05, 4.69) is 5.32 Å². The summed E-state index contributed by atoms with van der Waals surface area (Å²) in [7, 11) is 0. The summed E-state index contributed by atoms with van der Waals surface area (Å²) in [5.74, 6) is 0. The Labute approximate surface area is 55.1 Å². The van der Waals surface area contributed by atoms with Crippen molar-refractivity contribution < 1.29 is 4.39 Å². The molecule has 0 aliphatic carbocycles. The van der Waals surface area contributed by atoms with Crippen molar-refractivity contribution in [2.75, 3.05) is 6.54 Å². The molecule has 0 amide bonds. The zero-order valence-electron chi connectivity index (χ0n) is 4.86. The maximum absolute atomic E-state index is 12.3. The van der Waals surface area contributed by atoms with E-state index in [0.717, 1.165) is 6.54 Å². The van der Waals surface area contributed by atoms with Crippen LogP contribution in [0.2, 0.25) is 0 Å². The molecule has 0 aromatic carbocycles. The van der Waals surface area contributed by atoms with Gasteiger partial charge in [-0.15, -0.1) is 12.4 Å². The first-order valence-electron chi connectivity index (χ1n) is 2.68. The lowest BCUT2D eigenvalue weighted by Crippen LogP contribution is -2.23. The number of hydrogen-bond acceptors (Lipinski definition) is 1. The third kappa shape index (κ3) is 1.60. The summed E-state index contributed by atoms with van der Waals surface area (Å²) < 4.78 is 12.3. The first-order chi connectivity index (χ1) is 3.30. The van der Waals surface area contributed by atoms with Gasteiger partial charge in [0.25, 0.3) is 0 Å². The maximum atomic E-state index is 12.3. The van der Waals surface area contributed by atoms with Gasteiger partial charge in [-0.25, -0.2) is 4.39 Å². The lowest BCUT2D eigenvalue weighted by molar-refractivity contribution is 0.313. The van der Waals surface area contributed by atoms with Gasteiger partial charge in [0.15, 0.2) is 0 Å². The number of rotatable bonds is 0. The van der Waals surface area contributed by atoms with Crippen molar-refractivity contribution in [1.29, 1.82) is 0 Å². The van der Waals surface area contributed by atoms with Crippen molar-refractivity contribution in [2.24, 2.45) is 0 Å². The van der Waals surface area contributed by atoms with Crippen molar-refractivity contribution in [3.8, 4) is 0 Å². The van der Waals surface area contributed by atoms with Crippen molar-refractivity contribution in [2.45, 2.75) is 25.6 Å². The fourth-order valence-electron chi connectivity index (χ4n) is 0.827. The summed E-state index contributed by atoms with van der Waals surface area (Å²) in [6, 6.07) is 0.0972. The van der Waals surface area contributed by atoms with Crippen LogP contribution in [0.25, 0.3) is 0 Å². The van der Waals surface area contributed by atoms with Crippen molar-refractivity contribution in [1.82, 2.24) is 5.32 Å². The van der Waals surface area contributed by atoms with Crippen LogP contribution in [0.4, 0.5) is 4.39 Å². The molecule has 0 saturated carbocycles. The molecule has 1 N–H and O–H groups in total. The normalized spacial score (nSPS) is 36.8. The van der Waals surface area contributed by atoms with Gasteiger partial charge in [-0.2, -0.15) is 0 Å². The lowest BCUT2D eigenvalue weighted by atomic mass is 10.2. The van der Waals surface area contributed by atoms with Crippen LogP contribution in [-0.2, 0) is 0 Å². The number of hydrogen-bond donors (Lipinski definition) is 1.